The third-order valence-electron chi connectivity index (χ3n) is 3.71. The summed E-state index contributed by atoms with van der Waals surface area (Å²) >= 11 is 1.60. The first-order valence-corrected chi connectivity index (χ1v) is 7.34. The van der Waals surface area contributed by atoms with E-state index in [2.05, 4.69) is 37.3 Å². The van der Waals surface area contributed by atoms with E-state index in [9.17, 15) is 4.79 Å². The largest absolute Gasteiger partial charge is 0.293 e. The monoisotopic (exact) mass is 256 g/mol. The molecule has 1 aromatic carbocycles. The highest BCUT2D eigenvalue weighted by molar-refractivity contribution is 7.12. The Hall–Kier alpha value is -1.41. The minimum absolute atomic E-state index is 0.219. The molecule has 3 rings (SSSR count). The van der Waals surface area contributed by atoms with Gasteiger partial charge in [-0.25, -0.2) is 0 Å². The van der Waals surface area contributed by atoms with Crippen molar-refractivity contribution in [3.8, 4) is 0 Å². The van der Waals surface area contributed by atoms with Crippen LogP contribution in [0.1, 0.15) is 40.1 Å². The third-order valence-corrected chi connectivity index (χ3v) is 4.68. The Morgan fingerprint density at radius 2 is 2.06 bits per heavy atom. The predicted octanol–water partition coefficient (Wildman–Crippen LogP) is 4.30. The van der Waals surface area contributed by atoms with Crippen LogP contribution < -0.4 is 0 Å². The lowest BCUT2D eigenvalue weighted by Gasteiger charge is -2.01. The molecule has 92 valence electrons. The fourth-order valence-electron chi connectivity index (χ4n) is 2.55. The Kier molecular flexibility index (Phi) is 3.04. The van der Waals surface area contributed by atoms with Crippen LogP contribution in [0.5, 0.6) is 0 Å². The molecule has 18 heavy (non-hydrogen) atoms. The lowest BCUT2D eigenvalue weighted by atomic mass is 10.0. The van der Waals surface area contributed by atoms with Crippen LogP contribution in [0.4, 0.5) is 0 Å². The van der Waals surface area contributed by atoms with Crippen molar-refractivity contribution in [1.29, 1.82) is 0 Å². The molecule has 0 N–H and O–H groups in total. The molecular weight excluding hydrogens is 240 g/mol. The summed E-state index contributed by atoms with van der Waals surface area (Å²) in [4.78, 5) is 13.4. The number of carbonyl (C=O) groups excluding carboxylic acids is 1. The zero-order valence-electron chi connectivity index (χ0n) is 10.4. The number of benzene rings is 1. The first kappa shape index (κ1) is 11.7. The first-order valence-electron chi connectivity index (χ1n) is 6.46. The molecule has 2 unspecified atom stereocenters. The Morgan fingerprint density at radius 3 is 2.78 bits per heavy atom. The summed E-state index contributed by atoms with van der Waals surface area (Å²) in [6.07, 6.45) is 1.97. The number of Topliss-reactive ketones (excluding diaryl/α,β-unsaturated/α-hetero) is 1. The highest BCUT2D eigenvalue weighted by Crippen LogP contribution is 2.49. The van der Waals surface area contributed by atoms with E-state index in [-0.39, 0.29) is 5.92 Å². The Labute approximate surface area is 111 Å². The molecule has 0 amide bonds. The Morgan fingerprint density at radius 1 is 1.28 bits per heavy atom. The van der Waals surface area contributed by atoms with Crippen molar-refractivity contribution < 1.29 is 4.79 Å². The number of rotatable bonds is 4. The maximum atomic E-state index is 12.4. The molecule has 0 saturated heterocycles. The van der Waals surface area contributed by atoms with Gasteiger partial charge in [-0.2, -0.15) is 0 Å². The number of carbonyl (C=O) groups is 1. The normalized spacial score (nSPS) is 21.8. The van der Waals surface area contributed by atoms with E-state index >= 15 is 0 Å². The summed E-state index contributed by atoms with van der Waals surface area (Å²) in [6.45, 7) is 2.11. The second-order valence-electron chi connectivity index (χ2n) is 4.85. The van der Waals surface area contributed by atoms with E-state index in [0.29, 0.717) is 11.7 Å². The van der Waals surface area contributed by atoms with Crippen LogP contribution in [-0.4, -0.2) is 5.78 Å². The van der Waals surface area contributed by atoms with Crippen LogP contribution in [-0.2, 0) is 6.42 Å². The van der Waals surface area contributed by atoms with E-state index in [1.165, 1.54) is 11.1 Å². The number of thiophene rings is 1. The molecule has 0 bridgehead atoms. The van der Waals surface area contributed by atoms with Gasteiger partial charge in [0.1, 0.15) is 0 Å². The van der Waals surface area contributed by atoms with Gasteiger partial charge in [-0.3, -0.25) is 4.79 Å². The summed E-state index contributed by atoms with van der Waals surface area (Å²) in [7, 11) is 0. The van der Waals surface area contributed by atoms with Gasteiger partial charge in [0, 0.05) is 5.92 Å². The number of hydrogen-bond acceptors (Lipinski definition) is 2. The molecule has 0 spiro atoms. The molecule has 0 aliphatic heterocycles. The molecule has 1 aliphatic rings. The molecule has 1 aliphatic carbocycles. The average molecular weight is 256 g/mol. The van der Waals surface area contributed by atoms with Gasteiger partial charge < -0.3 is 0 Å². The maximum Gasteiger partial charge on any atom is 0.176 e. The van der Waals surface area contributed by atoms with Crippen molar-refractivity contribution >= 4 is 17.1 Å². The topological polar surface area (TPSA) is 17.1 Å². The van der Waals surface area contributed by atoms with Crippen LogP contribution in [0.2, 0.25) is 0 Å². The van der Waals surface area contributed by atoms with Crippen LogP contribution >= 0.6 is 11.3 Å². The summed E-state index contributed by atoms with van der Waals surface area (Å²) < 4.78 is 0. The van der Waals surface area contributed by atoms with E-state index in [1.54, 1.807) is 11.3 Å². The zero-order chi connectivity index (χ0) is 12.5. The Balaban J connectivity index is 1.77. The van der Waals surface area contributed by atoms with Crippen molar-refractivity contribution in [3.63, 3.8) is 0 Å². The standard InChI is InChI=1S/C16H16OS/c1-2-11-8-9-18-16(11)15(17)14-10-13(14)12-6-4-3-5-7-12/h3-9,13-14H,2,10H2,1H3. The van der Waals surface area contributed by atoms with Crippen molar-refractivity contribution in [2.24, 2.45) is 5.92 Å². The number of aryl methyl sites for hydroxylation is 1. The molecule has 1 heterocycles. The highest BCUT2D eigenvalue weighted by atomic mass is 32.1. The molecule has 1 fully saturated rings. The van der Waals surface area contributed by atoms with Crippen LogP contribution in [0.25, 0.3) is 0 Å². The first-order chi connectivity index (χ1) is 8.81. The molecule has 0 radical (unpaired) electrons. The van der Waals surface area contributed by atoms with Gasteiger partial charge in [0.15, 0.2) is 5.78 Å². The van der Waals surface area contributed by atoms with Crippen LogP contribution in [0, 0.1) is 5.92 Å². The number of ketones is 1. The summed E-state index contributed by atoms with van der Waals surface area (Å²) in [5.74, 6) is 1.03. The van der Waals surface area contributed by atoms with Crippen molar-refractivity contribution in [3.05, 3.63) is 57.8 Å². The lowest BCUT2D eigenvalue weighted by molar-refractivity contribution is 0.0968. The second-order valence-corrected chi connectivity index (χ2v) is 5.77. The predicted molar refractivity (Wildman–Crippen MR) is 75.3 cm³/mol. The fourth-order valence-corrected chi connectivity index (χ4v) is 3.55. The van der Waals surface area contributed by atoms with Crippen LogP contribution in [0.3, 0.4) is 0 Å². The maximum absolute atomic E-state index is 12.4. The smallest absolute Gasteiger partial charge is 0.176 e. The van der Waals surface area contributed by atoms with E-state index in [0.717, 1.165) is 17.7 Å². The van der Waals surface area contributed by atoms with Crippen molar-refractivity contribution in [1.82, 2.24) is 0 Å². The molecule has 2 atom stereocenters. The summed E-state index contributed by atoms with van der Waals surface area (Å²) in [6, 6.07) is 12.5. The molecule has 2 heteroatoms. The minimum atomic E-state index is 0.219. The van der Waals surface area contributed by atoms with Crippen LogP contribution in [0.15, 0.2) is 41.8 Å². The molecular formula is C16H16OS. The second kappa shape index (κ2) is 4.69. The molecule has 2 aromatic rings. The van der Waals surface area contributed by atoms with Crippen molar-refractivity contribution in [2.45, 2.75) is 25.7 Å². The summed E-state index contributed by atoms with van der Waals surface area (Å²) in [5, 5.41) is 2.03. The molecule has 1 saturated carbocycles. The van der Waals surface area contributed by atoms with Gasteiger partial charge in [-0.05, 0) is 41.3 Å². The van der Waals surface area contributed by atoms with E-state index in [4.69, 9.17) is 0 Å². The SMILES string of the molecule is CCc1ccsc1C(=O)C1CC1c1ccccc1. The van der Waals surface area contributed by atoms with E-state index < -0.39 is 0 Å². The third kappa shape index (κ3) is 2.01. The van der Waals surface area contributed by atoms with Gasteiger partial charge in [-0.15, -0.1) is 11.3 Å². The fraction of sp³-hybridized carbons (Fsp3) is 0.312. The molecule has 1 aromatic heterocycles. The average Bonchev–Trinajstić information content (AvgIpc) is 3.08. The Bertz CT molecular complexity index is 555. The van der Waals surface area contributed by atoms with E-state index in [1.807, 2.05) is 11.4 Å². The van der Waals surface area contributed by atoms with Gasteiger partial charge in [-0.1, -0.05) is 37.3 Å². The van der Waals surface area contributed by atoms with Gasteiger partial charge in [0.2, 0.25) is 0 Å². The lowest BCUT2D eigenvalue weighted by Crippen LogP contribution is -2.03. The quantitative estimate of drug-likeness (QED) is 0.745. The van der Waals surface area contributed by atoms with Gasteiger partial charge in [0.05, 0.1) is 4.88 Å². The summed E-state index contributed by atoms with van der Waals surface area (Å²) in [5.41, 5.74) is 2.52. The van der Waals surface area contributed by atoms with Gasteiger partial charge >= 0.3 is 0 Å². The van der Waals surface area contributed by atoms with Crippen molar-refractivity contribution in [2.75, 3.05) is 0 Å². The minimum Gasteiger partial charge on any atom is -0.293 e. The van der Waals surface area contributed by atoms with Gasteiger partial charge in [0.25, 0.3) is 0 Å². The number of hydrogen-bond donors (Lipinski definition) is 0. The highest BCUT2D eigenvalue weighted by Gasteiger charge is 2.44. The zero-order valence-corrected chi connectivity index (χ0v) is 11.2. The molecule has 1 nitrogen and oxygen atoms in total.